The average Bonchev–Trinajstić information content (AvgIpc) is 3.32. The number of ether oxygens (including phenoxy) is 2. The lowest BCUT2D eigenvalue weighted by molar-refractivity contribution is 0.0737. The third-order valence-electron chi connectivity index (χ3n) is 5.71. The van der Waals surface area contributed by atoms with Crippen LogP contribution in [0.4, 0.5) is 0 Å². The van der Waals surface area contributed by atoms with Crippen molar-refractivity contribution in [3.8, 4) is 22.8 Å². The van der Waals surface area contributed by atoms with E-state index in [0.29, 0.717) is 39.4 Å². The molecule has 0 aliphatic heterocycles. The molecule has 176 valence electrons. The minimum atomic E-state index is -0.566. The van der Waals surface area contributed by atoms with E-state index < -0.39 is 5.97 Å². The maximum Gasteiger partial charge on any atom is 0.348 e. The van der Waals surface area contributed by atoms with Gasteiger partial charge in [0, 0.05) is 16.5 Å². The SMILES string of the molecule is COc1ccc2oc(-c3ccccc3)c(C(=O)Oc3ccc(C(=O)/C=C/c4ccccc4)cc3)c2c1. The number of esters is 1. The molecule has 36 heavy (non-hydrogen) atoms. The molecule has 0 spiro atoms. The van der Waals surface area contributed by atoms with Gasteiger partial charge in [-0.2, -0.15) is 0 Å². The van der Waals surface area contributed by atoms with Gasteiger partial charge in [0.1, 0.15) is 28.4 Å². The Hall–Kier alpha value is -4.90. The summed E-state index contributed by atoms with van der Waals surface area (Å²) in [5.41, 5.74) is 3.04. The molecule has 0 bridgehead atoms. The molecule has 5 rings (SSSR count). The zero-order valence-electron chi connectivity index (χ0n) is 19.5. The molecule has 1 aromatic heterocycles. The lowest BCUT2D eigenvalue weighted by Crippen LogP contribution is -2.09. The maximum atomic E-state index is 13.4. The van der Waals surface area contributed by atoms with Gasteiger partial charge in [0.2, 0.25) is 0 Å². The van der Waals surface area contributed by atoms with Crippen molar-refractivity contribution in [1.82, 2.24) is 0 Å². The van der Waals surface area contributed by atoms with Gasteiger partial charge in [0.25, 0.3) is 0 Å². The summed E-state index contributed by atoms with van der Waals surface area (Å²) in [6, 6.07) is 30.7. The summed E-state index contributed by atoms with van der Waals surface area (Å²) >= 11 is 0. The fourth-order valence-electron chi connectivity index (χ4n) is 3.88. The first-order valence-electron chi connectivity index (χ1n) is 11.4. The van der Waals surface area contributed by atoms with E-state index in [-0.39, 0.29) is 5.78 Å². The Bertz CT molecular complexity index is 1550. The topological polar surface area (TPSA) is 65.7 Å². The molecule has 5 aromatic rings. The second kappa shape index (κ2) is 10.2. The first-order valence-corrected chi connectivity index (χ1v) is 11.4. The molecule has 5 heteroatoms. The Morgan fingerprint density at radius 1 is 0.778 bits per heavy atom. The summed E-state index contributed by atoms with van der Waals surface area (Å²) in [6.45, 7) is 0. The van der Waals surface area contributed by atoms with Crippen molar-refractivity contribution in [3.05, 3.63) is 126 Å². The number of benzene rings is 4. The van der Waals surface area contributed by atoms with Crippen LogP contribution in [0.5, 0.6) is 11.5 Å². The van der Waals surface area contributed by atoms with Crippen LogP contribution in [0.1, 0.15) is 26.3 Å². The number of fused-ring (bicyclic) bond motifs is 1. The molecule has 0 saturated carbocycles. The first kappa shape index (κ1) is 22.9. The summed E-state index contributed by atoms with van der Waals surface area (Å²) in [4.78, 5) is 25.9. The first-order chi connectivity index (χ1) is 17.6. The molecule has 0 aliphatic carbocycles. The predicted molar refractivity (Wildman–Crippen MR) is 139 cm³/mol. The van der Waals surface area contributed by atoms with Gasteiger partial charge < -0.3 is 13.9 Å². The van der Waals surface area contributed by atoms with Crippen molar-refractivity contribution < 1.29 is 23.5 Å². The average molecular weight is 475 g/mol. The number of allylic oxidation sites excluding steroid dienone is 1. The van der Waals surface area contributed by atoms with Gasteiger partial charge in [0.05, 0.1) is 7.11 Å². The van der Waals surface area contributed by atoms with Crippen molar-refractivity contribution >= 4 is 28.8 Å². The summed E-state index contributed by atoms with van der Waals surface area (Å²) in [7, 11) is 1.56. The standard InChI is InChI=1S/C31H22O5/c1-34-25-17-19-28-26(20-25)29(30(36-28)23-10-6-3-7-11-23)31(33)35-24-15-13-22(14-16-24)27(32)18-12-21-8-4-2-5-9-21/h2-20H,1H3/b18-12+. The largest absolute Gasteiger partial charge is 0.497 e. The molecule has 0 fully saturated rings. The van der Waals surface area contributed by atoms with Crippen LogP contribution >= 0.6 is 0 Å². The van der Waals surface area contributed by atoms with Crippen LogP contribution in [0.25, 0.3) is 28.4 Å². The van der Waals surface area contributed by atoms with Crippen molar-refractivity contribution in [1.29, 1.82) is 0 Å². The Balaban J connectivity index is 1.41. The highest BCUT2D eigenvalue weighted by Gasteiger charge is 2.24. The minimum Gasteiger partial charge on any atom is -0.497 e. The molecule has 5 nitrogen and oxygen atoms in total. The monoisotopic (exact) mass is 474 g/mol. The molecular formula is C31H22O5. The van der Waals surface area contributed by atoms with Gasteiger partial charge >= 0.3 is 5.97 Å². The second-order valence-corrected chi connectivity index (χ2v) is 8.06. The number of hydrogen-bond acceptors (Lipinski definition) is 5. The van der Waals surface area contributed by atoms with Gasteiger partial charge in [-0.3, -0.25) is 4.79 Å². The lowest BCUT2D eigenvalue weighted by atomic mass is 10.1. The van der Waals surface area contributed by atoms with Crippen molar-refractivity contribution in [2.45, 2.75) is 0 Å². The Labute approximate surface area is 208 Å². The van der Waals surface area contributed by atoms with Crippen LogP contribution in [0.15, 0.2) is 114 Å². The third kappa shape index (κ3) is 4.81. The number of rotatable bonds is 7. The highest BCUT2D eigenvalue weighted by atomic mass is 16.5. The molecule has 4 aromatic carbocycles. The molecular weight excluding hydrogens is 452 g/mol. The third-order valence-corrected chi connectivity index (χ3v) is 5.71. The van der Waals surface area contributed by atoms with Crippen molar-refractivity contribution in [2.24, 2.45) is 0 Å². The quantitative estimate of drug-likeness (QED) is 0.108. The molecule has 0 saturated heterocycles. The Kier molecular flexibility index (Phi) is 6.45. The summed E-state index contributed by atoms with van der Waals surface area (Å²) in [6.07, 6.45) is 3.28. The van der Waals surface area contributed by atoms with Crippen LogP contribution in [0.2, 0.25) is 0 Å². The van der Waals surface area contributed by atoms with E-state index in [1.807, 2.05) is 60.7 Å². The highest BCUT2D eigenvalue weighted by Crippen LogP contribution is 2.36. The number of carbonyl (C=O) groups excluding carboxylic acids is 2. The Morgan fingerprint density at radius 3 is 2.14 bits per heavy atom. The van der Waals surface area contributed by atoms with Crippen molar-refractivity contribution in [3.63, 3.8) is 0 Å². The molecule has 0 unspecified atom stereocenters. The van der Waals surface area contributed by atoms with E-state index in [2.05, 4.69) is 0 Å². The number of hydrogen-bond donors (Lipinski definition) is 0. The fraction of sp³-hybridized carbons (Fsp3) is 0.0323. The molecule has 0 amide bonds. The number of furan rings is 1. The van der Waals surface area contributed by atoms with Crippen LogP contribution < -0.4 is 9.47 Å². The molecule has 0 radical (unpaired) electrons. The van der Waals surface area contributed by atoms with Gasteiger partial charge in [0.15, 0.2) is 5.78 Å². The van der Waals surface area contributed by atoms with Crippen LogP contribution in [0.3, 0.4) is 0 Å². The van der Waals surface area contributed by atoms with E-state index in [9.17, 15) is 9.59 Å². The van der Waals surface area contributed by atoms with E-state index >= 15 is 0 Å². The molecule has 0 aliphatic rings. The summed E-state index contributed by atoms with van der Waals surface area (Å²) in [5.74, 6) is 0.629. The van der Waals surface area contributed by atoms with E-state index in [0.717, 1.165) is 11.1 Å². The van der Waals surface area contributed by atoms with Gasteiger partial charge in [-0.25, -0.2) is 4.79 Å². The number of ketones is 1. The van der Waals surface area contributed by atoms with Gasteiger partial charge in [-0.05, 0) is 54.1 Å². The Morgan fingerprint density at radius 2 is 1.44 bits per heavy atom. The molecule has 1 heterocycles. The van der Waals surface area contributed by atoms with Crippen LogP contribution in [-0.2, 0) is 0 Å². The van der Waals surface area contributed by atoms with E-state index in [4.69, 9.17) is 13.9 Å². The second-order valence-electron chi connectivity index (χ2n) is 8.06. The van der Waals surface area contributed by atoms with Gasteiger partial charge in [-0.1, -0.05) is 66.7 Å². The van der Waals surface area contributed by atoms with Crippen LogP contribution in [-0.4, -0.2) is 18.9 Å². The van der Waals surface area contributed by atoms with E-state index in [1.54, 1.807) is 55.7 Å². The summed E-state index contributed by atoms with van der Waals surface area (Å²) < 4.78 is 17.1. The number of methoxy groups -OCH3 is 1. The zero-order chi connectivity index (χ0) is 24.9. The smallest absolute Gasteiger partial charge is 0.348 e. The molecule has 0 N–H and O–H groups in total. The minimum absolute atomic E-state index is 0.143. The summed E-state index contributed by atoms with van der Waals surface area (Å²) in [5, 5.41) is 0.594. The zero-order valence-corrected chi connectivity index (χ0v) is 19.5. The van der Waals surface area contributed by atoms with E-state index in [1.165, 1.54) is 6.08 Å². The molecule has 0 atom stereocenters. The predicted octanol–water partition coefficient (Wildman–Crippen LogP) is 7.22. The highest BCUT2D eigenvalue weighted by molar-refractivity contribution is 6.10. The fourth-order valence-corrected chi connectivity index (χ4v) is 3.88. The van der Waals surface area contributed by atoms with Crippen molar-refractivity contribution in [2.75, 3.05) is 7.11 Å². The van der Waals surface area contributed by atoms with Gasteiger partial charge in [-0.15, -0.1) is 0 Å². The van der Waals surface area contributed by atoms with Crippen LogP contribution in [0, 0.1) is 0 Å². The number of carbonyl (C=O) groups is 2. The normalized spacial score (nSPS) is 11.0. The lowest BCUT2D eigenvalue weighted by Gasteiger charge is -2.06. The maximum absolute atomic E-state index is 13.4.